The second kappa shape index (κ2) is 15.0. The fourth-order valence-electron chi connectivity index (χ4n) is 3.65. The number of halogens is 2. The van der Waals surface area contributed by atoms with E-state index in [9.17, 15) is 9.59 Å². The Hall–Kier alpha value is -1.26. The molecule has 0 bridgehead atoms. The summed E-state index contributed by atoms with van der Waals surface area (Å²) in [5, 5.41) is 0. The molecule has 194 valence electrons. The van der Waals surface area contributed by atoms with Crippen molar-refractivity contribution in [1.29, 1.82) is 0 Å². The van der Waals surface area contributed by atoms with Gasteiger partial charge in [-0.1, -0.05) is 39.5 Å². The minimum absolute atomic E-state index is 0.162. The number of carbonyl (C=O) groups is 2. The quantitative estimate of drug-likeness (QED) is 0.164. The molecule has 1 aromatic carbocycles. The molecule has 0 heterocycles. The topological polar surface area (TPSA) is 52.6 Å². The fraction of sp³-hybridized carbons (Fsp3) is 0.714. The van der Waals surface area contributed by atoms with Gasteiger partial charge >= 0.3 is 11.9 Å². The van der Waals surface area contributed by atoms with Crippen molar-refractivity contribution in [2.75, 3.05) is 13.2 Å². The van der Waals surface area contributed by atoms with E-state index in [1.54, 1.807) is 24.3 Å². The largest absolute Gasteiger partial charge is 0.462 e. The minimum Gasteiger partial charge on any atom is -0.462 e. The van der Waals surface area contributed by atoms with Gasteiger partial charge < -0.3 is 9.47 Å². The minimum atomic E-state index is -0.372. The molecule has 0 aliphatic heterocycles. The molecule has 34 heavy (non-hydrogen) atoms. The summed E-state index contributed by atoms with van der Waals surface area (Å²) in [6.45, 7) is 13.2. The molecule has 1 rings (SSSR count). The van der Waals surface area contributed by atoms with E-state index in [-0.39, 0.29) is 21.7 Å². The summed E-state index contributed by atoms with van der Waals surface area (Å²) < 4.78 is 10.8. The standard InChI is InChI=1S/C28H44Cl2O4/c1-21(9-7-17-27(3,4)29)15-19-33-25(31)23-11-13-24(14-12-23)26(32)34-20-16-22(2)10-8-18-28(5,6)30/h11-14,21-22H,7-10,15-20H2,1-6H3. The number of carbonyl (C=O) groups excluding carboxylic acids is 2. The fourth-order valence-corrected chi connectivity index (χ4v) is 3.91. The Morgan fingerprint density at radius 1 is 0.706 bits per heavy atom. The Balaban J connectivity index is 2.30. The van der Waals surface area contributed by atoms with E-state index in [1.807, 2.05) is 27.7 Å². The highest BCUT2D eigenvalue weighted by Gasteiger charge is 2.16. The van der Waals surface area contributed by atoms with Gasteiger partial charge in [0.1, 0.15) is 0 Å². The lowest BCUT2D eigenvalue weighted by molar-refractivity contribution is 0.0468. The maximum atomic E-state index is 12.3. The zero-order valence-corrected chi connectivity index (χ0v) is 23.4. The molecule has 2 unspecified atom stereocenters. The average molecular weight is 516 g/mol. The summed E-state index contributed by atoms with van der Waals surface area (Å²) >= 11 is 12.5. The van der Waals surface area contributed by atoms with E-state index < -0.39 is 0 Å². The van der Waals surface area contributed by atoms with Gasteiger partial charge in [0.05, 0.1) is 24.3 Å². The van der Waals surface area contributed by atoms with Crippen molar-refractivity contribution in [1.82, 2.24) is 0 Å². The number of benzene rings is 1. The predicted molar refractivity (Wildman–Crippen MR) is 142 cm³/mol. The van der Waals surface area contributed by atoms with Crippen molar-refractivity contribution in [3.63, 3.8) is 0 Å². The van der Waals surface area contributed by atoms with Crippen molar-refractivity contribution in [3.8, 4) is 0 Å². The zero-order valence-electron chi connectivity index (χ0n) is 21.9. The smallest absolute Gasteiger partial charge is 0.338 e. The predicted octanol–water partition coefficient (Wildman–Crippen LogP) is 8.43. The second-order valence-corrected chi connectivity index (χ2v) is 12.9. The highest BCUT2D eigenvalue weighted by molar-refractivity contribution is 6.23. The van der Waals surface area contributed by atoms with E-state index in [0.29, 0.717) is 36.2 Å². The molecule has 0 N–H and O–H groups in total. The van der Waals surface area contributed by atoms with Crippen molar-refractivity contribution < 1.29 is 19.1 Å². The van der Waals surface area contributed by atoms with Crippen LogP contribution in [0.25, 0.3) is 0 Å². The summed E-state index contributed by atoms with van der Waals surface area (Å²) in [6.07, 6.45) is 7.84. The zero-order chi connectivity index (χ0) is 25.8. The van der Waals surface area contributed by atoms with Crippen LogP contribution in [0.2, 0.25) is 0 Å². The van der Waals surface area contributed by atoms with Gasteiger partial charge in [0.2, 0.25) is 0 Å². The average Bonchev–Trinajstić information content (AvgIpc) is 2.71. The molecule has 0 radical (unpaired) electrons. The van der Waals surface area contributed by atoms with Crippen molar-refractivity contribution in [3.05, 3.63) is 35.4 Å². The van der Waals surface area contributed by atoms with Crippen LogP contribution in [-0.2, 0) is 9.47 Å². The van der Waals surface area contributed by atoms with E-state index in [4.69, 9.17) is 32.7 Å². The second-order valence-electron chi connectivity index (χ2n) is 10.9. The van der Waals surface area contributed by atoms with Crippen molar-refractivity contribution in [2.45, 2.75) is 103 Å². The van der Waals surface area contributed by atoms with Gasteiger partial charge in [0.15, 0.2) is 0 Å². The van der Waals surface area contributed by atoms with Gasteiger partial charge in [-0.05, 0) is 89.5 Å². The normalized spacial score (nSPS) is 13.9. The molecule has 2 atom stereocenters. The highest BCUT2D eigenvalue weighted by atomic mass is 35.5. The third-order valence-electron chi connectivity index (χ3n) is 5.98. The summed E-state index contributed by atoms with van der Waals surface area (Å²) in [7, 11) is 0. The lowest BCUT2D eigenvalue weighted by Gasteiger charge is -2.17. The van der Waals surface area contributed by atoms with Gasteiger partial charge in [0.25, 0.3) is 0 Å². The van der Waals surface area contributed by atoms with Crippen molar-refractivity contribution in [2.24, 2.45) is 11.8 Å². The number of hydrogen-bond acceptors (Lipinski definition) is 4. The number of ether oxygens (including phenoxy) is 2. The molecule has 0 spiro atoms. The van der Waals surface area contributed by atoms with Crippen LogP contribution in [0.4, 0.5) is 0 Å². The van der Waals surface area contributed by atoms with Crippen LogP contribution in [0.3, 0.4) is 0 Å². The van der Waals surface area contributed by atoms with Gasteiger partial charge in [-0.25, -0.2) is 9.59 Å². The first-order valence-corrected chi connectivity index (χ1v) is 13.3. The van der Waals surface area contributed by atoms with Crippen LogP contribution in [0.15, 0.2) is 24.3 Å². The maximum Gasteiger partial charge on any atom is 0.338 e. The van der Waals surface area contributed by atoms with E-state index >= 15 is 0 Å². The van der Waals surface area contributed by atoms with Crippen LogP contribution in [-0.4, -0.2) is 34.9 Å². The first-order chi connectivity index (χ1) is 15.8. The number of alkyl halides is 2. The molecule has 0 aliphatic rings. The molecule has 1 aromatic rings. The monoisotopic (exact) mass is 514 g/mol. The SMILES string of the molecule is CC(CCCC(C)(C)Cl)CCOC(=O)c1ccc(C(=O)OCCC(C)CCCC(C)(C)Cl)cc1. The van der Waals surface area contributed by atoms with E-state index in [1.165, 1.54) is 0 Å². The third-order valence-corrected chi connectivity index (χ3v) is 6.36. The molecule has 0 amide bonds. The Morgan fingerprint density at radius 2 is 1.03 bits per heavy atom. The van der Waals surface area contributed by atoms with Crippen LogP contribution < -0.4 is 0 Å². The summed E-state index contributed by atoms with van der Waals surface area (Å²) in [5.41, 5.74) is 0.868. The Morgan fingerprint density at radius 3 is 1.32 bits per heavy atom. The molecule has 4 nitrogen and oxygen atoms in total. The van der Waals surface area contributed by atoms with Crippen LogP contribution in [0.1, 0.15) is 114 Å². The molecular weight excluding hydrogens is 471 g/mol. The lowest BCUT2D eigenvalue weighted by Crippen LogP contribution is -2.12. The van der Waals surface area contributed by atoms with Gasteiger partial charge in [-0.2, -0.15) is 0 Å². The summed E-state index contributed by atoms with van der Waals surface area (Å²) in [6, 6.07) is 6.45. The van der Waals surface area contributed by atoms with E-state index in [0.717, 1.165) is 51.4 Å². The van der Waals surface area contributed by atoms with Crippen LogP contribution in [0.5, 0.6) is 0 Å². The molecule has 0 aliphatic carbocycles. The Bertz CT molecular complexity index is 669. The Kier molecular flexibility index (Phi) is 13.6. The summed E-state index contributed by atoms with van der Waals surface area (Å²) in [5.74, 6) is 0.198. The van der Waals surface area contributed by atoms with Crippen LogP contribution >= 0.6 is 23.2 Å². The molecule has 0 aromatic heterocycles. The third kappa shape index (κ3) is 14.9. The number of hydrogen-bond donors (Lipinski definition) is 0. The molecule has 6 heteroatoms. The van der Waals surface area contributed by atoms with Gasteiger partial charge in [0, 0.05) is 9.75 Å². The number of rotatable bonds is 16. The van der Waals surface area contributed by atoms with Crippen LogP contribution in [0, 0.1) is 11.8 Å². The first kappa shape index (κ1) is 30.8. The summed E-state index contributed by atoms with van der Waals surface area (Å²) in [4.78, 5) is 24.2. The molecule has 0 saturated carbocycles. The van der Waals surface area contributed by atoms with Crippen molar-refractivity contribution >= 4 is 35.1 Å². The van der Waals surface area contributed by atoms with Gasteiger partial charge in [-0.15, -0.1) is 23.2 Å². The molecular formula is C28H44Cl2O4. The lowest BCUT2D eigenvalue weighted by atomic mass is 9.97. The highest BCUT2D eigenvalue weighted by Crippen LogP contribution is 2.24. The van der Waals surface area contributed by atoms with E-state index in [2.05, 4.69) is 13.8 Å². The van der Waals surface area contributed by atoms with Gasteiger partial charge in [-0.3, -0.25) is 0 Å². The molecule has 0 fully saturated rings. The Labute approximate surface area is 217 Å². The first-order valence-electron chi connectivity index (χ1n) is 12.6. The maximum absolute atomic E-state index is 12.3. The number of esters is 2. The molecule has 0 saturated heterocycles.